The fourth-order valence-electron chi connectivity index (χ4n) is 4.08. The molecule has 1 fully saturated rings. The van der Waals surface area contributed by atoms with Gasteiger partial charge in [-0.3, -0.25) is 0 Å². The predicted octanol–water partition coefficient (Wildman–Crippen LogP) is 4.22. The summed E-state index contributed by atoms with van der Waals surface area (Å²) in [6.45, 7) is 1.41. The van der Waals surface area contributed by atoms with Crippen LogP contribution in [-0.4, -0.2) is 45.3 Å². The lowest BCUT2D eigenvalue weighted by molar-refractivity contribution is 0.0697. The van der Waals surface area contributed by atoms with Crippen molar-refractivity contribution in [3.8, 4) is 22.5 Å². The van der Waals surface area contributed by atoms with E-state index in [1.165, 1.54) is 6.33 Å². The van der Waals surface area contributed by atoms with Gasteiger partial charge in [0.2, 0.25) is 5.71 Å². The normalized spacial score (nSPS) is 14.8. The highest BCUT2D eigenvalue weighted by atomic mass is 16.4. The monoisotopic (exact) mass is 415 g/mol. The summed E-state index contributed by atoms with van der Waals surface area (Å²) in [5.41, 5.74) is 3.30. The number of nitrogens with zero attached hydrogens (tertiary/aromatic N) is 3. The maximum absolute atomic E-state index is 11.3. The topological polar surface area (TPSA) is 99.7 Å². The minimum Gasteiger partial charge on any atom is -0.478 e. The summed E-state index contributed by atoms with van der Waals surface area (Å²) >= 11 is 0. The molecule has 7 heteroatoms. The number of carbonyl (C=O) groups is 1. The van der Waals surface area contributed by atoms with Crippen molar-refractivity contribution in [1.29, 1.82) is 0 Å². The number of carboxylic acid groups (broad SMARTS) is 1. The van der Waals surface area contributed by atoms with Crippen LogP contribution in [0.4, 0.5) is 5.82 Å². The Morgan fingerprint density at radius 2 is 1.68 bits per heavy atom. The van der Waals surface area contributed by atoms with Crippen LogP contribution in [0.2, 0.25) is 0 Å². The summed E-state index contributed by atoms with van der Waals surface area (Å²) in [5, 5.41) is 20.0. The number of benzene rings is 2. The average Bonchev–Trinajstić information content (AvgIpc) is 3.20. The van der Waals surface area contributed by atoms with Gasteiger partial charge in [-0.1, -0.05) is 42.5 Å². The van der Waals surface area contributed by atoms with E-state index in [1.54, 1.807) is 24.3 Å². The van der Waals surface area contributed by atoms with Crippen molar-refractivity contribution in [2.45, 2.75) is 18.9 Å². The first-order chi connectivity index (χ1) is 15.1. The fraction of sp³-hybridized carbons (Fsp3) is 0.208. The summed E-state index contributed by atoms with van der Waals surface area (Å²) in [5.74, 6) is 0.435. The third-order valence-electron chi connectivity index (χ3n) is 5.69. The Labute approximate surface area is 178 Å². The van der Waals surface area contributed by atoms with E-state index in [0.717, 1.165) is 27.9 Å². The van der Waals surface area contributed by atoms with Crippen LogP contribution in [0.1, 0.15) is 23.2 Å². The Kier molecular flexibility index (Phi) is 4.88. The number of aliphatic hydroxyl groups is 1. The summed E-state index contributed by atoms with van der Waals surface area (Å²) < 4.78 is 6.22. The summed E-state index contributed by atoms with van der Waals surface area (Å²) in [4.78, 5) is 22.4. The third kappa shape index (κ3) is 3.53. The molecule has 0 unspecified atom stereocenters. The van der Waals surface area contributed by atoms with Crippen molar-refractivity contribution in [3.05, 3.63) is 66.5 Å². The Morgan fingerprint density at radius 3 is 2.35 bits per heavy atom. The van der Waals surface area contributed by atoms with E-state index >= 15 is 0 Å². The maximum atomic E-state index is 11.3. The molecule has 1 saturated heterocycles. The molecular formula is C24H21N3O4. The minimum absolute atomic E-state index is 0.216. The highest BCUT2D eigenvalue weighted by Crippen LogP contribution is 2.43. The molecule has 0 radical (unpaired) electrons. The van der Waals surface area contributed by atoms with Gasteiger partial charge in [-0.25, -0.2) is 14.8 Å². The molecule has 0 atom stereocenters. The molecule has 2 N–H and O–H groups in total. The number of aliphatic hydroxyl groups excluding tert-OH is 1. The highest BCUT2D eigenvalue weighted by molar-refractivity contribution is 6.06. The van der Waals surface area contributed by atoms with E-state index in [-0.39, 0.29) is 11.7 Å². The van der Waals surface area contributed by atoms with Gasteiger partial charge in [0.1, 0.15) is 17.9 Å². The lowest BCUT2D eigenvalue weighted by Crippen LogP contribution is -2.36. The highest BCUT2D eigenvalue weighted by Gasteiger charge is 2.26. The lowest BCUT2D eigenvalue weighted by Gasteiger charge is -2.30. The second-order valence-corrected chi connectivity index (χ2v) is 7.65. The molecule has 2 aromatic heterocycles. The quantitative estimate of drug-likeness (QED) is 0.515. The number of aromatic nitrogens is 2. The number of furan rings is 1. The van der Waals surface area contributed by atoms with Gasteiger partial charge >= 0.3 is 5.97 Å². The molecule has 0 amide bonds. The molecule has 1 aliphatic heterocycles. The zero-order valence-electron chi connectivity index (χ0n) is 16.7. The van der Waals surface area contributed by atoms with Crippen LogP contribution >= 0.6 is 0 Å². The van der Waals surface area contributed by atoms with Gasteiger partial charge in [0.15, 0.2) is 0 Å². The molecule has 156 valence electrons. The fourth-order valence-corrected chi connectivity index (χ4v) is 4.08. The van der Waals surface area contributed by atoms with Gasteiger partial charge in [-0.05, 0) is 30.5 Å². The van der Waals surface area contributed by atoms with E-state index in [0.29, 0.717) is 37.4 Å². The second-order valence-electron chi connectivity index (χ2n) is 7.65. The molecule has 4 aromatic rings. The number of carboxylic acids is 1. The molecule has 1 aliphatic rings. The van der Waals surface area contributed by atoms with Gasteiger partial charge < -0.3 is 19.5 Å². The van der Waals surface area contributed by atoms with Crippen molar-refractivity contribution >= 4 is 22.9 Å². The van der Waals surface area contributed by atoms with Crippen LogP contribution in [0.25, 0.3) is 33.6 Å². The zero-order valence-corrected chi connectivity index (χ0v) is 16.7. The number of fused-ring (bicyclic) bond motifs is 1. The van der Waals surface area contributed by atoms with Crippen molar-refractivity contribution in [3.63, 3.8) is 0 Å². The second kappa shape index (κ2) is 7.85. The predicted molar refractivity (Wildman–Crippen MR) is 117 cm³/mol. The first-order valence-corrected chi connectivity index (χ1v) is 10.2. The van der Waals surface area contributed by atoms with Gasteiger partial charge in [0, 0.05) is 24.2 Å². The summed E-state index contributed by atoms with van der Waals surface area (Å²) in [6, 6.07) is 16.5. The molecule has 3 heterocycles. The summed E-state index contributed by atoms with van der Waals surface area (Å²) in [7, 11) is 0. The van der Waals surface area contributed by atoms with Crippen molar-refractivity contribution in [2.75, 3.05) is 18.0 Å². The number of rotatable bonds is 4. The van der Waals surface area contributed by atoms with Gasteiger partial charge in [-0.2, -0.15) is 0 Å². The lowest BCUT2D eigenvalue weighted by atomic mass is 9.98. The molecule has 0 aliphatic carbocycles. The van der Waals surface area contributed by atoms with E-state index in [2.05, 4.69) is 14.9 Å². The third-order valence-corrected chi connectivity index (χ3v) is 5.69. The zero-order chi connectivity index (χ0) is 21.4. The first kappa shape index (κ1) is 19.3. The smallest absolute Gasteiger partial charge is 0.335 e. The maximum Gasteiger partial charge on any atom is 0.335 e. The van der Waals surface area contributed by atoms with E-state index in [9.17, 15) is 15.0 Å². The Bertz CT molecular complexity index is 1230. The Balaban J connectivity index is 1.73. The van der Waals surface area contributed by atoms with Gasteiger partial charge in [-0.15, -0.1) is 0 Å². The number of anilines is 1. The van der Waals surface area contributed by atoms with Crippen LogP contribution in [0, 0.1) is 0 Å². The Hall–Kier alpha value is -3.71. The minimum atomic E-state index is -0.972. The largest absolute Gasteiger partial charge is 0.478 e. The number of hydrogen-bond acceptors (Lipinski definition) is 6. The number of aromatic carboxylic acids is 1. The van der Waals surface area contributed by atoms with Gasteiger partial charge in [0.05, 0.1) is 17.1 Å². The van der Waals surface area contributed by atoms with Crippen molar-refractivity contribution < 1.29 is 19.4 Å². The molecular weight excluding hydrogens is 394 g/mol. The molecule has 0 spiro atoms. The number of piperidine rings is 1. The summed E-state index contributed by atoms with van der Waals surface area (Å²) in [6.07, 6.45) is 2.59. The average molecular weight is 415 g/mol. The van der Waals surface area contributed by atoms with E-state index in [1.807, 2.05) is 30.3 Å². The van der Waals surface area contributed by atoms with Crippen LogP contribution in [0.15, 0.2) is 65.3 Å². The van der Waals surface area contributed by atoms with Crippen LogP contribution < -0.4 is 4.90 Å². The van der Waals surface area contributed by atoms with Crippen LogP contribution in [0.5, 0.6) is 0 Å². The Morgan fingerprint density at radius 1 is 0.968 bits per heavy atom. The van der Waals surface area contributed by atoms with E-state index < -0.39 is 5.97 Å². The van der Waals surface area contributed by atoms with Crippen molar-refractivity contribution in [1.82, 2.24) is 9.97 Å². The van der Waals surface area contributed by atoms with E-state index in [4.69, 9.17) is 4.42 Å². The van der Waals surface area contributed by atoms with Crippen LogP contribution in [0.3, 0.4) is 0 Å². The molecule has 0 saturated carbocycles. The first-order valence-electron chi connectivity index (χ1n) is 10.2. The molecule has 7 nitrogen and oxygen atoms in total. The van der Waals surface area contributed by atoms with Gasteiger partial charge in [0.25, 0.3) is 0 Å². The van der Waals surface area contributed by atoms with Crippen molar-refractivity contribution in [2.24, 2.45) is 0 Å². The molecule has 5 rings (SSSR count). The SMILES string of the molecule is O=C(O)c1ccc(-c2oc3ncnc(N4CCC(O)CC4)c3c2-c2ccccc2)cc1. The van der Waals surface area contributed by atoms with Crippen LogP contribution in [-0.2, 0) is 0 Å². The molecule has 2 aromatic carbocycles. The molecule has 0 bridgehead atoms. The standard InChI is InChI=1S/C24H21N3O4/c28-18-10-12-27(13-11-18)22-20-19(15-4-2-1-3-5-15)21(31-23(20)26-14-25-22)16-6-8-17(9-7-16)24(29)30/h1-9,14,18,28H,10-13H2,(H,29,30). The number of hydrogen-bond donors (Lipinski definition) is 2. The molecule has 31 heavy (non-hydrogen) atoms.